The molecule has 0 radical (unpaired) electrons. The summed E-state index contributed by atoms with van der Waals surface area (Å²) < 4.78 is 7.61. The fourth-order valence-electron chi connectivity index (χ4n) is 3.44. The highest BCUT2D eigenvalue weighted by Gasteiger charge is 2.23. The van der Waals surface area contributed by atoms with E-state index in [4.69, 9.17) is 14.7 Å². The topological polar surface area (TPSA) is 52.0 Å². The first-order chi connectivity index (χ1) is 11.8. The van der Waals surface area contributed by atoms with Crippen molar-refractivity contribution in [3.8, 4) is 17.1 Å². The molecule has 5 heteroatoms. The van der Waals surface area contributed by atoms with Crippen LogP contribution in [-0.2, 0) is 0 Å². The maximum absolute atomic E-state index is 5.28. The Morgan fingerprint density at radius 3 is 2.62 bits per heavy atom. The van der Waals surface area contributed by atoms with E-state index in [0.29, 0.717) is 6.04 Å². The number of aryl methyl sites for hydroxylation is 1. The summed E-state index contributed by atoms with van der Waals surface area (Å²) in [5, 5.41) is 3.44. The third-order valence-corrected chi connectivity index (χ3v) is 4.69. The van der Waals surface area contributed by atoms with Crippen LogP contribution in [0.15, 0.2) is 36.5 Å². The van der Waals surface area contributed by atoms with Gasteiger partial charge in [-0.25, -0.2) is 9.97 Å². The van der Waals surface area contributed by atoms with Gasteiger partial charge >= 0.3 is 0 Å². The minimum absolute atomic E-state index is 0.434. The molecule has 0 spiro atoms. The lowest BCUT2D eigenvalue weighted by molar-refractivity contribution is 0.376. The summed E-state index contributed by atoms with van der Waals surface area (Å²) in [6, 6.07) is 10.7. The molecule has 124 valence electrons. The predicted molar refractivity (Wildman–Crippen MR) is 95.4 cm³/mol. The Bertz CT molecular complexity index is 848. The summed E-state index contributed by atoms with van der Waals surface area (Å²) in [4.78, 5) is 9.60. The third kappa shape index (κ3) is 2.65. The van der Waals surface area contributed by atoms with Crippen LogP contribution in [0, 0.1) is 6.92 Å². The smallest absolute Gasteiger partial charge is 0.160 e. The van der Waals surface area contributed by atoms with E-state index in [1.165, 1.54) is 0 Å². The Morgan fingerprint density at radius 2 is 1.92 bits per heavy atom. The molecule has 0 bridgehead atoms. The Hall–Kier alpha value is -2.40. The molecule has 0 atom stereocenters. The number of imidazole rings is 1. The minimum atomic E-state index is 0.434. The minimum Gasteiger partial charge on any atom is -0.497 e. The molecule has 1 N–H and O–H groups in total. The van der Waals surface area contributed by atoms with Crippen LogP contribution in [0.2, 0.25) is 0 Å². The molecule has 0 amide bonds. The molecule has 1 saturated heterocycles. The van der Waals surface area contributed by atoms with Crippen LogP contribution in [-0.4, -0.2) is 34.7 Å². The van der Waals surface area contributed by atoms with Gasteiger partial charge in [0.25, 0.3) is 0 Å². The number of aromatic nitrogens is 3. The van der Waals surface area contributed by atoms with Gasteiger partial charge in [0.15, 0.2) is 5.65 Å². The third-order valence-electron chi connectivity index (χ3n) is 4.69. The first kappa shape index (κ1) is 15.1. The molecule has 0 saturated carbocycles. The largest absolute Gasteiger partial charge is 0.497 e. The van der Waals surface area contributed by atoms with Crippen LogP contribution in [0.5, 0.6) is 5.75 Å². The van der Waals surface area contributed by atoms with Crippen LogP contribution in [0.1, 0.15) is 24.4 Å². The average Bonchev–Trinajstić information content (AvgIpc) is 3.01. The van der Waals surface area contributed by atoms with E-state index in [0.717, 1.165) is 59.8 Å². The summed E-state index contributed by atoms with van der Waals surface area (Å²) in [6.07, 6.45) is 4.13. The van der Waals surface area contributed by atoms with Crippen LogP contribution in [0.3, 0.4) is 0 Å². The molecular weight excluding hydrogens is 300 g/mol. The zero-order chi connectivity index (χ0) is 16.5. The Balaban J connectivity index is 1.88. The number of nitrogens with one attached hydrogen (secondary N) is 1. The van der Waals surface area contributed by atoms with Crippen molar-refractivity contribution in [2.45, 2.75) is 25.8 Å². The fourth-order valence-corrected chi connectivity index (χ4v) is 3.44. The van der Waals surface area contributed by atoms with Crippen molar-refractivity contribution in [3.63, 3.8) is 0 Å². The van der Waals surface area contributed by atoms with E-state index in [9.17, 15) is 0 Å². The lowest BCUT2D eigenvalue weighted by atomic mass is 10.1. The average molecular weight is 322 g/mol. The van der Waals surface area contributed by atoms with E-state index < -0.39 is 0 Å². The number of methoxy groups -OCH3 is 1. The second-order valence-corrected chi connectivity index (χ2v) is 6.37. The molecule has 0 unspecified atom stereocenters. The highest BCUT2D eigenvalue weighted by molar-refractivity contribution is 5.78. The zero-order valence-corrected chi connectivity index (χ0v) is 14.1. The van der Waals surface area contributed by atoms with E-state index >= 15 is 0 Å². The summed E-state index contributed by atoms with van der Waals surface area (Å²) >= 11 is 0. The lowest BCUT2D eigenvalue weighted by Gasteiger charge is -2.26. The van der Waals surface area contributed by atoms with Crippen molar-refractivity contribution in [2.24, 2.45) is 0 Å². The Morgan fingerprint density at radius 1 is 1.17 bits per heavy atom. The number of pyridine rings is 1. The molecule has 1 fully saturated rings. The van der Waals surface area contributed by atoms with Crippen molar-refractivity contribution in [3.05, 3.63) is 42.1 Å². The van der Waals surface area contributed by atoms with Gasteiger partial charge in [-0.1, -0.05) is 0 Å². The highest BCUT2D eigenvalue weighted by Crippen LogP contribution is 2.32. The van der Waals surface area contributed by atoms with Gasteiger partial charge < -0.3 is 14.6 Å². The van der Waals surface area contributed by atoms with Gasteiger partial charge in [0.1, 0.15) is 17.1 Å². The van der Waals surface area contributed by atoms with Crippen LogP contribution >= 0.6 is 0 Å². The molecule has 4 rings (SSSR count). The number of benzene rings is 1. The van der Waals surface area contributed by atoms with Crippen molar-refractivity contribution in [1.82, 2.24) is 19.9 Å². The number of piperidine rings is 1. The van der Waals surface area contributed by atoms with Crippen molar-refractivity contribution >= 4 is 11.2 Å². The molecule has 1 aliphatic heterocycles. The molecule has 1 aromatic carbocycles. The standard InChI is InChI=1S/C19H22N4O/c1-13-11-17-19(21-12-13)23(15-7-9-20-10-8-15)18(22-17)14-3-5-16(24-2)6-4-14/h3-6,11-12,15,20H,7-10H2,1-2H3. The Kier molecular flexibility index (Phi) is 3.94. The Labute approximate surface area is 141 Å². The lowest BCUT2D eigenvalue weighted by Crippen LogP contribution is -2.29. The summed E-state index contributed by atoms with van der Waals surface area (Å²) in [6.45, 7) is 4.14. The molecule has 3 heterocycles. The SMILES string of the molecule is COc1ccc(-c2nc3cc(C)cnc3n2C2CCNCC2)cc1. The summed E-state index contributed by atoms with van der Waals surface area (Å²) in [5.41, 5.74) is 4.20. The highest BCUT2D eigenvalue weighted by atomic mass is 16.5. The van der Waals surface area contributed by atoms with Gasteiger partial charge in [0.05, 0.1) is 7.11 Å². The van der Waals surface area contributed by atoms with Crippen LogP contribution < -0.4 is 10.1 Å². The van der Waals surface area contributed by atoms with Crippen molar-refractivity contribution < 1.29 is 4.74 Å². The molecule has 5 nitrogen and oxygen atoms in total. The fraction of sp³-hybridized carbons (Fsp3) is 0.368. The quantitative estimate of drug-likeness (QED) is 0.803. The van der Waals surface area contributed by atoms with Crippen LogP contribution in [0.25, 0.3) is 22.6 Å². The van der Waals surface area contributed by atoms with E-state index in [-0.39, 0.29) is 0 Å². The van der Waals surface area contributed by atoms with Crippen LogP contribution in [0.4, 0.5) is 0 Å². The summed E-state index contributed by atoms with van der Waals surface area (Å²) in [5.74, 6) is 1.86. The second kappa shape index (κ2) is 6.24. The first-order valence-corrected chi connectivity index (χ1v) is 8.46. The van der Waals surface area contributed by atoms with Gasteiger partial charge in [-0.05, 0) is 68.8 Å². The molecule has 0 aliphatic carbocycles. The van der Waals surface area contributed by atoms with Gasteiger partial charge in [0, 0.05) is 17.8 Å². The van der Waals surface area contributed by atoms with Gasteiger partial charge in [-0.3, -0.25) is 0 Å². The zero-order valence-electron chi connectivity index (χ0n) is 14.1. The van der Waals surface area contributed by atoms with Crippen molar-refractivity contribution in [2.75, 3.05) is 20.2 Å². The molecular formula is C19H22N4O. The van der Waals surface area contributed by atoms with E-state index in [1.54, 1.807) is 7.11 Å². The number of ether oxygens (including phenoxy) is 1. The first-order valence-electron chi connectivity index (χ1n) is 8.46. The molecule has 2 aromatic heterocycles. The number of hydrogen-bond donors (Lipinski definition) is 1. The maximum Gasteiger partial charge on any atom is 0.160 e. The monoisotopic (exact) mass is 322 g/mol. The molecule has 24 heavy (non-hydrogen) atoms. The normalized spacial score (nSPS) is 15.8. The number of nitrogens with zero attached hydrogens (tertiary/aromatic N) is 3. The second-order valence-electron chi connectivity index (χ2n) is 6.37. The molecule has 3 aromatic rings. The number of fused-ring (bicyclic) bond motifs is 1. The number of rotatable bonds is 3. The predicted octanol–water partition coefficient (Wildman–Crippen LogP) is 3.34. The number of hydrogen-bond acceptors (Lipinski definition) is 4. The van der Waals surface area contributed by atoms with Crippen molar-refractivity contribution in [1.29, 1.82) is 0 Å². The van der Waals surface area contributed by atoms with E-state index in [2.05, 4.69) is 35.0 Å². The van der Waals surface area contributed by atoms with Gasteiger partial charge in [-0.15, -0.1) is 0 Å². The maximum atomic E-state index is 5.28. The van der Waals surface area contributed by atoms with Gasteiger partial charge in [0.2, 0.25) is 0 Å². The van der Waals surface area contributed by atoms with Gasteiger partial charge in [-0.2, -0.15) is 0 Å². The summed E-state index contributed by atoms with van der Waals surface area (Å²) in [7, 11) is 1.69. The molecule has 1 aliphatic rings. The van der Waals surface area contributed by atoms with E-state index in [1.807, 2.05) is 18.3 Å².